The lowest BCUT2D eigenvalue weighted by atomic mass is 10.2. The van der Waals surface area contributed by atoms with Gasteiger partial charge < -0.3 is 0 Å². The summed E-state index contributed by atoms with van der Waals surface area (Å²) < 4.78 is 27.4. The van der Waals surface area contributed by atoms with Gasteiger partial charge in [-0.15, -0.1) is 5.11 Å². The van der Waals surface area contributed by atoms with Crippen molar-refractivity contribution in [1.29, 1.82) is 0 Å². The minimum atomic E-state index is -1.00. The lowest BCUT2D eigenvalue weighted by molar-refractivity contribution is 0.111. The third kappa shape index (κ3) is 2.55. The Morgan fingerprint density at radius 1 is 1.33 bits per heavy atom. The molecule has 1 aliphatic rings. The first-order chi connectivity index (χ1) is 8.63. The first kappa shape index (κ1) is 13.1. The van der Waals surface area contributed by atoms with E-state index in [1.807, 2.05) is 0 Å². The second-order valence-electron chi connectivity index (χ2n) is 3.88. The maximum atomic E-state index is 13.8. The molecule has 1 heterocycles. The van der Waals surface area contributed by atoms with E-state index < -0.39 is 17.3 Å². The van der Waals surface area contributed by atoms with Crippen molar-refractivity contribution >= 4 is 27.9 Å². The Balaban J connectivity index is 2.34. The normalized spacial score (nSPS) is 15.6. The fraction of sp³-hybridized carbons (Fsp3) is 0.364. The SMILES string of the molecule is O=Cc1c(Br)cc(F)c(N=NN2CCCC2)c1F. The molecule has 0 amide bonds. The number of benzene rings is 1. The largest absolute Gasteiger partial charge is 0.298 e. The van der Waals surface area contributed by atoms with E-state index in [0.717, 1.165) is 32.0 Å². The third-order valence-electron chi connectivity index (χ3n) is 2.65. The van der Waals surface area contributed by atoms with Crippen LogP contribution >= 0.6 is 15.9 Å². The van der Waals surface area contributed by atoms with Crippen LogP contribution in [-0.2, 0) is 0 Å². The summed E-state index contributed by atoms with van der Waals surface area (Å²) in [6.45, 7) is 1.45. The number of carbonyl (C=O) groups excluding carboxylic acids is 1. The van der Waals surface area contributed by atoms with Crippen molar-refractivity contribution < 1.29 is 13.6 Å². The van der Waals surface area contributed by atoms with Gasteiger partial charge in [-0.1, -0.05) is 5.22 Å². The molecule has 0 bridgehead atoms. The van der Waals surface area contributed by atoms with Gasteiger partial charge in [-0.2, -0.15) is 0 Å². The molecular formula is C11H10BrF2N3O. The van der Waals surface area contributed by atoms with Gasteiger partial charge in [0.15, 0.2) is 23.6 Å². The number of aldehydes is 1. The summed E-state index contributed by atoms with van der Waals surface area (Å²) in [7, 11) is 0. The highest BCUT2D eigenvalue weighted by atomic mass is 79.9. The Kier molecular flexibility index (Phi) is 4.00. The highest BCUT2D eigenvalue weighted by Gasteiger charge is 2.18. The van der Waals surface area contributed by atoms with Crippen molar-refractivity contribution in [2.24, 2.45) is 10.3 Å². The molecule has 7 heteroatoms. The molecular weight excluding hydrogens is 308 g/mol. The lowest BCUT2D eigenvalue weighted by Crippen LogP contribution is -2.09. The average molecular weight is 318 g/mol. The predicted molar refractivity (Wildman–Crippen MR) is 64.8 cm³/mol. The molecule has 0 aliphatic carbocycles. The highest BCUT2D eigenvalue weighted by molar-refractivity contribution is 9.10. The molecule has 4 nitrogen and oxygen atoms in total. The number of hydrogen-bond donors (Lipinski definition) is 0. The molecule has 0 atom stereocenters. The Bertz CT molecular complexity index is 502. The second kappa shape index (κ2) is 5.51. The fourth-order valence-corrected chi connectivity index (χ4v) is 2.16. The molecule has 2 rings (SSSR count). The molecule has 1 saturated heterocycles. The Labute approximate surface area is 111 Å². The Morgan fingerprint density at radius 3 is 2.61 bits per heavy atom. The molecule has 0 spiro atoms. The van der Waals surface area contributed by atoms with Gasteiger partial charge in [-0.25, -0.2) is 8.78 Å². The number of hydrogen-bond acceptors (Lipinski definition) is 3. The smallest absolute Gasteiger partial charge is 0.165 e. The third-order valence-corrected chi connectivity index (χ3v) is 3.31. The van der Waals surface area contributed by atoms with Gasteiger partial charge in [0.2, 0.25) is 0 Å². The first-order valence-electron chi connectivity index (χ1n) is 5.42. The maximum Gasteiger partial charge on any atom is 0.165 e. The quantitative estimate of drug-likeness (QED) is 0.631. The molecule has 0 radical (unpaired) electrons. The second-order valence-corrected chi connectivity index (χ2v) is 4.74. The van der Waals surface area contributed by atoms with E-state index in [4.69, 9.17) is 0 Å². The van der Waals surface area contributed by atoms with Gasteiger partial charge >= 0.3 is 0 Å². The van der Waals surface area contributed by atoms with Crippen molar-refractivity contribution in [3.8, 4) is 0 Å². The summed E-state index contributed by atoms with van der Waals surface area (Å²) in [4.78, 5) is 10.7. The zero-order chi connectivity index (χ0) is 13.1. The van der Waals surface area contributed by atoms with Crippen LogP contribution in [-0.4, -0.2) is 24.4 Å². The van der Waals surface area contributed by atoms with Crippen LogP contribution in [0.4, 0.5) is 14.5 Å². The summed E-state index contributed by atoms with van der Waals surface area (Å²) in [5, 5.41) is 8.97. The van der Waals surface area contributed by atoms with E-state index in [-0.39, 0.29) is 10.0 Å². The predicted octanol–water partition coefficient (Wildman–Crippen LogP) is 3.63. The molecule has 18 heavy (non-hydrogen) atoms. The summed E-state index contributed by atoms with van der Waals surface area (Å²) >= 11 is 2.92. The van der Waals surface area contributed by atoms with E-state index in [2.05, 4.69) is 26.3 Å². The zero-order valence-corrected chi connectivity index (χ0v) is 11.0. The van der Waals surface area contributed by atoms with Crippen LogP contribution in [0, 0.1) is 11.6 Å². The lowest BCUT2D eigenvalue weighted by Gasteiger charge is -2.08. The highest BCUT2D eigenvalue weighted by Crippen LogP contribution is 2.30. The fourth-order valence-electron chi connectivity index (χ4n) is 1.69. The van der Waals surface area contributed by atoms with Gasteiger partial charge in [0.1, 0.15) is 0 Å². The number of nitrogens with zero attached hydrogens (tertiary/aromatic N) is 3. The number of carbonyl (C=O) groups is 1. The Hall–Kier alpha value is -1.37. The minimum absolute atomic E-state index is 0.0626. The zero-order valence-electron chi connectivity index (χ0n) is 9.37. The van der Waals surface area contributed by atoms with Crippen molar-refractivity contribution in [3.63, 3.8) is 0 Å². The Morgan fingerprint density at radius 2 is 2.00 bits per heavy atom. The van der Waals surface area contributed by atoms with E-state index >= 15 is 0 Å². The average Bonchev–Trinajstić information content (AvgIpc) is 2.81. The summed E-state index contributed by atoms with van der Waals surface area (Å²) in [5.74, 6) is -1.85. The van der Waals surface area contributed by atoms with Gasteiger partial charge in [0.05, 0.1) is 5.56 Å². The van der Waals surface area contributed by atoms with Crippen LogP contribution in [0.5, 0.6) is 0 Å². The monoisotopic (exact) mass is 317 g/mol. The van der Waals surface area contributed by atoms with Crippen molar-refractivity contribution in [3.05, 3.63) is 27.7 Å². The number of halogens is 3. The van der Waals surface area contributed by atoms with Crippen LogP contribution in [0.3, 0.4) is 0 Å². The van der Waals surface area contributed by atoms with Crippen molar-refractivity contribution in [1.82, 2.24) is 5.01 Å². The molecule has 1 fully saturated rings. The topological polar surface area (TPSA) is 45.0 Å². The van der Waals surface area contributed by atoms with E-state index in [9.17, 15) is 13.6 Å². The standard InChI is InChI=1S/C11H10BrF2N3O/c12-8-5-9(13)11(10(14)7(8)6-18)15-16-17-3-1-2-4-17/h5-6H,1-4H2. The van der Waals surface area contributed by atoms with Crippen LogP contribution < -0.4 is 0 Å². The van der Waals surface area contributed by atoms with Crippen molar-refractivity contribution in [2.45, 2.75) is 12.8 Å². The maximum absolute atomic E-state index is 13.8. The molecule has 1 aromatic carbocycles. The van der Waals surface area contributed by atoms with Gasteiger partial charge in [-0.3, -0.25) is 9.80 Å². The van der Waals surface area contributed by atoms with Crippen LogP contribution in [0.25, 0.3) is 0 Å². The van der Waals surface area contributed by atoms with Gasteiger partial charge in [0.25, 0.3) is 0 Å². The molecule has 1 aromatic rings. The molecule has 0 unspecified atom stereocenters. The molecule has 0 saturated carbocycles. The van der Waals surface area contributed by atoms with E-state index in [0.29, 0.717) is 6.29 Å². The molecule has 0 N–H and O–H groups in total. The van der Waals surface area contributed by atoms with Crippen molar-refractivity contribution in [2.75, 3.05) is 13.1 Å². The first-order valence-corrected chi connectivity index (χ1v) is 6.22. The summed E-state index contributed by atoms with van der Waals surface area (Å²) in [5.41, 5.74) is -0.793. The molecule has 96 valence electrons. The van der Waals surface area contributed by atoms with Gasteiger partial charge in [0, 0.05) is 17.6 Å². The van der Waals surface area contributed by atoms with Crippen LogP contribution in [0.15, 0.2) is 20.9 Å². The van der Waals surface area contributed by atoms with Crippen LogP contribution in [0.2, 0.25) is 0 Å². The van der Waals surface area contributed by atoms with Crippen LogP contribution in [0.1, 0.15) is 23.2 Å². The molecule has 1 aliphatic heterocycles. The molecule has 0 aromatic heterocycles. The van der Waals surface area contributed by atoms with E-state index in [1.54, 1.807) is 5.01 Å². The number of rotatable bonds is 3. The summed E-state index contributed by atoms with van der Waals surface area (Å²) in [6.07, 6.45) is 2.29. The minimum Gasteiger partial charge on any atom is -0.298 e. The van der Waals surface area contributed by atoms with Gasteiger partial charge in [-0.05, 0) is 34.8 Å². The van der Waals surface area contributed by atoms with E-state index in [1.165, 1.54) is 0 Å². The summed E-state index contributed by atoms with van der Waals surface area (Å²) in [6, 6.07) is 1.01.